The summed E-state index contributed by atoms with van der Waals surface area (Å²) in [5.41, 5.74) is 7.76. The lowest BCUT2D eigenvalue weighted by molar-refractivity contribution is -0.137. The van der Waals surface area contributed by atoms with Gasteiger partial charge in [0, 0.05) is 39.3 Å². The third kappa shape index (κ3) is 9.52. The summed E-state index contributed by atoms with van der Waals surface area (Å²) in [6, 6.07) is 15.8. The summed E-state index contributed by atoms with van der Waals surface area (Å²) in [6.45, 7) is 3.22. The Morgan fingerprint density at radius 1 is 0.603 bits per heavy atom. The van der Waals surface area contributed by atoms with Crippen molar-refractivity contribution in [2.24, 2.45) is 0 Å². The largest absolute Gasteiger partial charge is 0.399 e. The minimum atomic E-state index is -3.76. The number of amides is 8. The van der Waals surface area contributed by atoms with Crippen molar-refractivity contribution in [1.29, 1.82) is 0 Å². The molecular formula is C41H34Cl3N5O12S2. The lowest BCUT2D eigenvalue weighted by Gasteiger charge is -2.27. The van der Waals surface area contributed by atoms with Gasteiger partial charge in [-0.1, -0.05) is 41.4 Å². The van der Waals surface area contributed by atoms with Crippen LogP contribution in [0.3, 0.4) is 0 Å². The minimum absolute atomic E-state index is 0.0201. The van der Waals surface area contributed by atoms with Crippen LogP contribution < -0.4 is 16.4 Å². The normalized spacial score (nSPS) is 18.5. The molecule has 0 aromatic heterocycles. The van der Waals surface area contributed by atoms with Crippen LogP contribution in [0.15, 0.2) is 82.6 Å². The first-order valence-electron chi connectivity index (χ1n) is 18.6. The molecule has 0 spiro atoms. The van der Waals surface area contributed by atoms with E-state index >= 15 is 0 Å². The summed E-state index contributed by atoms with van der Waals surface area (Å²) < 4.78 is 47.6. The molecule has 2 fully saturated rings. The van der Waals surface area contributed by atoms with Crippen molar-refractivity contribution in [1.82, 2.24) is 20.4 Å². The van der Waals surface area contributed by atoms with Gasteiger partial charge in [-0.3, -0.25) is 58.8 Å². The lowest BCUT2D eigenvalue weighted by atomic mass is 10.0. The third-order valence-electron chi connectivity index (χ3n) is 10.4. The van der Waals surface area contributed by atoms with E-state index in [1.807, 2.05) is 0 Å². The predicted molar refractivity (Wildman–Crippen MR) is 227 cm³/mol. The molecule has 2 saturated heterocycles. The predicted octanol–water partition coefficient (Wildman–Crippen LogP) is 4.27. The van der Waals surface area contributed by atoms with Crippen LogP contribution in [-0.4, -0.2) is 86.0 Å². The molecule has 4 aliphatic rings. The summed E-state index contributed by atoms with van der Waals surface area (Å²) in [5.74, 6) is -4.97. The van der Waals surface area contributed by atoms with Crippen molar-refractivity contribution < 1.29 is 55.2 Å². The maximum Gasteiger partial charge on any atom is 0.262 e. The maximum atomic E-state index is 12.9. The van der Waals surface area contributed by atoms with Gasteiger partial charge in [-0.05, 0) is 98.0 Å². The van der Waals surface area contributed by atoms with Crippen LogP contribution in [0.25, 0.3) is 0 Å². The number of carbonyl (C=O) groups is 8. The number of piperidine rings is 2. The number of halogens is 3. The van der Waals surface area contributed by atoms with Crippen LogP contribution in [0.1, 0.15) is 83.8 Å². The second-order valence-corrected chi connectivity index (χ2v) is 19.8. The number of carbonyl (C=O) groups excluding carboxylic acids is 8. The van der Waals surface area contributed by atoms with Crippen LogP contribution >= 0.6 is 33.9 Å². The average Bonchev–Trinajstić information content (AvgIpc) is 3.59. The molecule has 0 radical (unpaired) electrons. The quantitative estimate of drug-likeness (QED) is 0.139. The highest BCUT2D eigenvalue weighted by Crippen LogP contribution is 2.32. The van der Waals surface area contributed by atoms with Crippen LogP contribution in [0.4, 0.5) is 5.69 Å². The number of anilines is 1. The fraction of sp³-hybridized carbons (Fsp3) is 0.220. The van der Waals surface area contributed by atoms with E-state index in [1.165, 1.54) is 48.5 Å². The van der Waals surface area contributed by atoms with Gasteiger partial charge in [-0.2, -0.15) is 0 Å². The number of imide groups is 4. The summed E-state index contributed by atoms with van der Waals surface area (Å²) >= 11 is 11.7. The Hall–Kier alpha value is -5.99. The molecule has 4 aromatic rings. The van der Waals surface area contributed by atoms with Crippen molar-refractivity contribution in [2.75, 3.05) is 5.73 Å². The number of benzene rings is 4. The van der Waals surface area contributed by atoms with Gasteiger partial charge in [0.25, 0.3) is 32.7 Å². The Kier molecular flexibility index (Phi) is 13.3. The van der Waals surface area contributed by atoms with E-state index < -0.39 is 78.2 Å². The van der Waals surface area contributed by atoms with E-state index in [2.05, 4.69) is 10.6 Å². The van der Waals surface area contributed by atoms with Gasteiger partial charge < -0.3 is 5.73 Å². The number of nitrogen functional groups attached to an aromatic ring is 1. The molecule has 4 N–H and O–H groups in total. The van der Waals surface area contributed by atoms with E-state index in [1.54, 1.807) is 38.1 Å². The van der Waals surface area contributed by atoms with Crippen LogP contribution in [0.2, 0.25) is 10.0 Å². The van der Waals surface area contributed by atoms with Gasteiger partial charge in [-0.25, -0.2) is 16.8 Å². The molecule has 4 aromatic carbocycles. The number of nitrogens with one attached hydrogen (secondary N) is 2. The first-order chi connectivity index (χ1) is 29.5. The molecule has 0 bridgehead atoms. The zero-order valence-corrected chi connectivity index (χ0v) is 36.8. The number of hydrogen-bond donors (Lipinski definition) is 3. The second kappa shape index (κ2) is 18.0. The molecule has 8 amide bonds. The first-order valence-corrected chi connectivity index (χ1v) is 23.4. The lowest BCUT2D eigenvalue weighted by Crippen LogP contribution is -2.54. The molecule has 17 nitrogen and oxygen atoms in total. The maximum absolute atomic E-state index is 12.9. The van der Waals surface area contributed by atoms with Crippen molar-refractivity contribution in [3.63, 3.8) is 0 Å². The zero-order valence-electron chi connectivity index (χ0n) is 32.9. The molecule has 8 rings (SSSR count). The molecular weight excluding hydrogens is 925 g/mol. The Bertz CT molecular complexity index is 2920. The molecule has 22 heteroatoms. The van der Waals surface area contributed by atoms with E-state index in [9.17, 15) is 55.2 Å². The summed E-state index contributed by atoms with van der Waals surface area (Å²) in [6.07, 6.45) is 0.315. The Labute approximate surface area is 374 Å². The van der Waals surface area contributed by atoms with Gasteiger partial charge in [0.1, 0.15) is 12.1 Å². The summed E-state index contributed by atoms with van der Waals surface area (Å²) in [7, 11) is -2.28. The number of sulfone groups is 1. The fourth-order valence-corrected chi connectivity index (χ4v) is 10.5. The summed E-state index contributed by atoms with van der Waals surface area (Å²) in [4.78, 5) is 98.5. The SMILES string of the molecule is Cc1c(Cl)cccc1S(=O)(=O)Cc1ccc2c(c1)C(=O)N(C1CCC(=O)NC1=O)C2=O.Cc1c(Cl)cccc1S(=O)(=O)Cl.Nc1ccc2c(c1)C(=O)N(C1CCC(=O)NC1=O)C2=O. The fourth-order valence-electron chi connectivity index (χ4n) is 7.17. The van der Waals surface area contributed by atoms with Crippen molar-refractivity contribution in [3.8, 4) is 0 Å². The second-order valence-electron chi connectivity index (χ2n) is 14.5. The Balaban J connectivity index is 0.000000176. The minimum Gasteiger partial charge on any atom is -0.399 e. The highest BCUT2D eigenvalue weighted by molar-refractivity contribution is 8.13. The van der Waals surface area contributed by atoms with E-state index in [0.29, 0.717) is 32.4 Å². The van der Waals surface area contributed by atoms with Gasteiger partial charge in [0.05, 0.1) is 37.8 Å². The highest BCUT2D eigenvalue weighted by Gasteiger charge is 2.46. The third-order valence-corrected chi connectivity index (χ3v) is 14.5. The number of nitrogens with two attached hydrogens (primary N) is 1. The molecule has 0 saturated carbocycles. The van der Waals surface area contributed by atoms with Gasteiger partial charge in [-0.15, -0.1) is 0 Å². The van der Waals surface area contributed by atoms with Gasteiger partial charge in [0.15, 0.2) is 9.84 Å². The molecule has 63 heavy (non-hydrogen) atoms. The highest BCUT2D eigenvalue weighted by atomic mass is 35.7. The standard InChI is InChI=1S/C21H17ClN2O6S.C13H11N3O4.C7H6Cl2O2S/c1-11-15(22)3-2-4-17(11)31(29,30)10-12-5-6-13-14(9-12)21(28)24(20(13)27)16-7-8-18(25)23-19(16)26;14-6-1-2-7-8(5-6)13(20)16(12(7)19)9-3-4-10(17)15-11(9)18;1-5-6(8)3-2-4-7(5)12(9,10)11/h2-6,9,16H,7-8,10H2,1H3,(H,23,25,26);1-2,5,9H,3-4,14H2,(H,15,17,18);2-4H,1H3. The smallest absolute Gasteiger partial charge is 0.262 e. The molecule has 0 aliphatic carbocycles. The number of rotatable bonds is 6. The van der Waals surface area contributed by atoms with Crippen LogP contribution in [0, 0.1) is 13.8 Å². The molecule has 2 unspecified atom stereocenters. The Morgan fingerprint density at radius 3 is 1.49 bits per heavy atom. The first kappa shape index (κ1) is 46.5. The van der Waals surface area contributed by atoms with Crippen molar-refractivity contribution >= 4 is 106 Å². The topological polar surface area (TPSA) is 261 Å². The number of fused-ring (bicyclic) bond motifs is 2. The monoisotopic (exact) mass is 957 g/mol. The molecule has 4 aliphatic heterocycles. The molecule has 4 heterocycles. The van der Waals surface area contributed by atoms with Gasteiger partial charge >= 0.3 is 0 Å². The number of nitrogens with zero attached hydrogens (tertiary/aromatic N) is 2. The van der Waals surface area contributed by atoms with Crippen molar-refractivity contribution in [3.05, 3.63) is 122 Å². The average molecular weight is 959 g/mol. The van der Waals surface area contributed by atoms with Gasteiger partial charge in [0.2, 0.25) is 23.6 Å². The van der Waals surface area contributed by atoms with E-state index in [0.717, 1.165) is 9.80 Å². The zero-order chi connectivity index (χ0) is 46.3. The summed E-state index contributed by atoms with van der Waals surface area (Å²) in [5, 5.41) is 5.00. The van der Waals surface area contributed by atoms with E-state index in [-0.39, 0.29) is 63.5 Å². The number of hydrogen-bond acceptors (Lipinski definition) is 13. The molecule has 328 valence electrons. The van der Waals surface area contributed by atoms with Crippen LogP contribution in [0.5, 0.6) is 0 Å². The Morgan fingerprint density at radius 2 is 1.03 bits per heavy atom. The van der Waals surface area contributed by atoms with E-state index in [4.69, 9.17) is 39.6 Å². The van der Waals surface area contributed by atoms with Crippen LogP contribution in [-0.2, 0) is 43.8 Å². The van der Waals surface area contributed by atoms with Crippen molar-refractivity contribution in [2.45, 2.75) is 67.2 Å². The molecule has 2 atom stereocenters.